The Morgan fingerprint density at radius 2 is 1.83 bits per heavy atom. The summed E-state index contributed by atoms with van der Waals surface area (Å²) in [6, 6.07) is 14.1. The van der Waals surface area contributed by atoms with E-state index < -0.39 is 11.5 Å². The third kappa shape index (κ3) is 3.45. The van der Waals surface area contributed by atoms with E-state index in [1.54, 1.807) is 37.4 Å². The first-order valence-electron chi connectivity index (χ1n) is 10.6. The van der Waals surface area contributed by atoms with Gasteiger partial charge in [0.1, 0.15) is 5.75 Å². The van der Waals surface area contributed by atoms with Crippen molar-refractivity contribution in [3.63, 3.8) is 0 Å². The molecule has 1 unspecified atom stereocenters. The van der Waals surface area contributed by atoms with Gasteiger partial charge in [0.25, 0.3) is 5.91 Å². The smallest absolute Gasteiger partial charge is 0.254 e. The summed E-state index contributed by atoms with van der Waals surface area (Å²) in [5.41, 5.74) is 1.14. The van der Waals surface area contributed by atoms with Crippen LogP contribution in [0.5, 0.6) is 5.75 Å². The summed E-state index contributed by atoms with van der Waals surface area (Å²) in [5.74, 6) is -0.708. The van der Waals surface area contributed by atoms with Gasteiger partial charge in [0.2, 0.25) is 5.91 Å². The number of phenolic OH excluding ortho intramolecular Hbond substituents is 1. The van der Waals surface area contributed by atoms with Gasteiger partial charge in [-0.2, -0.15) is 0 Å². The monoisotopic (exact) mass is 408 g/mol. The van der Waals surface area contributed by atoms with Gasteiger partial charge >= 0.3 is 0 Å². The molecule has 4 rings (SSSR count). The molecule has 1 aliphatic heterocycles. The average molecular weight is 408 g/mol. The van der Waals surface area contributed by atoms with E-state index in [0.29, 0.717) is 24.4 Å². The molecule has 2 aromatic carbocycles. The third-order valence-corrected chi connectivity index (χ3v) is 6.48. The number of para-hydroxylation sites is 2. The predicted molar refractivity (Wildman–Crippen MR) is 115 cm³/mol. The van der Waals surface area contributed by atoms with Crippen LogP contribution in [0.25, 0.3) is 0 Å². The Kier molecular flexibility index (Phi) is 5.77. The second-order valence-corrected chi connectivity index (χ2v) is 8.14. The second kappa shape index (κ2) is 8.48. The van der Waals surface area contributed by atoms with E-state index >= 15 is 0 Å². The Hall–Kier alpha value is -2.86. The van der Waals surface area contributed by atoms with Crippen molar-refractivity contribution in [1.82, 2.24) is 4.90 Å². The Bertz CT molecular complexity index is 936. The maximum absolute atomic E-state index is 13.7. The number of nitrogens with one attached hydrogen (secondary N) is 1. The maximum atomic E-state index is 13.7. The van der Waals surface area contributed by atoms with Gasteiger partial charge < -0.3 is 20.1 Å². The van der Waals surface area contributed by atoms with Gasteiger partial charge in [-0.05, 0) is 36.6 Å². The fraction of sp³-hybridized carbons (Fsp3) is 0.417. The molecule has 2 N–H and O–H groups in total. The van der Waals surface area contributed by atoms with E-state index in [2.05, 4.69) is 5.32 Å². The minimum Gasteiger partial charge on any atom is -0.506 e. The Morgan fingerprint density at radius 1 is 1.13 bits per heavy atom. The summed E-state index contributed by atoms with van der Waals surface area (Å²) in [6.07, 6.45) is 4.59. The fourth-order valence-corrected chi connectivity index (χ4v) is 5.14. The lowest BCUT2D eigenvalue weighted by molar-refractivity contribution is -0.122. The van der Waals surface area contributed by atoms with Crippen molar-refractivity contribution in [3.8, 4) is 5.75 Å². The maximum Gasteiger partial charge on any atom is 0.254 e. The molecular weight excluding hydrogens is 380 g/mol. The number of carbonyl (C=O) groups excluding carboxylic acids is 2. The van der Waals surface area contributed by atoms with Gasteiger partial charge in [0.15, 0.2) is 0 Å². The van der Waals surface area contributed by atoms with Crippen molar-refractivity contribution >= 4 is 17.5 Å². The Morgan fingerprint density at radius 3 is 2.57 bits per heavy atom. The molecule has 158 valence electrons. The molecule has 2 aromatic rings. The molecule has 2 amide bonds. The third-order valence-electron chi connectivity index (χ3n) is 6.48. The average Bonchev–Trinajstić information content (AvgIpc) is 2.76. The number of phenols is 1. The summed E-state index contributed by atoms with van der Waals surface area (Å²) in [6.45, 7) is 0.869. The summed E-state index contributed by atoms with van der Waals surface area (Å²) in [5, 5.41) is 13.1. The molecule has 1 saturated carbocycles. The lowest BCUT2D eigenvalue weighted by Gasteiger charge is -2.53. The molecule has 30 heavy (non-hydrogen) atoms. The first-order chi connectivity index (χ1) is 14.6. The number of nitrogens with zero attached hydrogens (tertiary/aromatic N) is 1. The van der Waals surface area contributed by atoms with Crippen LogP contribution >= 0.6 is 0 Å². The highest BCUT2D eigenvalue weighted by molar-refractivity contribution is 6.05. The van der Waals surface area contributed by atoms with Crippen LogP contribution in [0.1, 0.15) is 53.9 Å². The molecular formula is C24H28N2O4. The molecule has 1 atom stereocenters. The lowest BCUT2D eigenvalue weighted by atomic mass is 9.65. The minimum absolute atomic E-state index is 0.0277. The number of amides is 2. The number of aromatic hydroxyl groups is 1. The number of benzene rings is 2. The van der Waals surface area contributed by atoms with Crippen LogP contribution in [0.4, 0.5) is 5.69 Å². The fourth-order valence-electron chi connectivity index (χ4n) is 5.14. The van der Waals surface area contributed by atoms with Gasteiger partial charge in [-0.3, -0.25) is 9.59 Å². The zero-order chi connectivity index (χ0) is 21.1. The molecule has 1 fully saturated rings. The number of rotatable bonds is 5. The molecule has 1 spiro atoms. The topological polar surface area (TPSA) is 78.9 Å². The highest BCUT2D eigenvalue weighted by Crippen LogP contribution is 2.49. The molecule has 6 nitrogen and oxygen atoms in total. The highest BCUT2D eigenvalue weighted by Gasteiger charge is 2.54. The van der Waals surface area contributed by atoms with Gasteiger partial charge in [0, 0.05) is 19.2 Å². The van der Waals surface area contributed by atoms with Crippen LogP contribution in [-0.4, -0.2) is 47.6 Å². The van der Waals surface area contributed by atoms with E-state index in [1.807, 2.05) is 23.1 Å². The van der Waals surface area contributed by atoms with Crippen molar-refractivity contribution in [2.24, 2.45) is 0 Å². The summed E-state index contributed by atoms with van der Waals surface area (Å²) in [4.78, 5) is 29.0. The standard InChI is InChI=1S/C24H28N2O4/c1-30-16-15-26-23(29)18-10-4-3-9-17(18)21(24(26)13-7-2-8-14-24)22(28)25-19-11-5-6-12-20(19)27/h3-6,9-12,21,27H,2,7-8,13-16H2,1H3,(H,25,28). The molecule has 6 heteroatoms. The van der Waals surface area contributed by atoms with Gasteiger partial charge in [0.05, 0.1) is 23.8 Å². The van der Waals surface area contributed by atoms with E-state index in [0.717, 1.165) is 37.7 Å². The molecule has 2 aliphatic rings. The molecule has 0 aromatic heterocycles. The number of ether oxygens (including phenoxy) is 1. The first-order valence-corrected chi connectivity index (χ1v) is 10.6. The summed E-state index contributed by atoms with van der Waals surface area (Å²) >= 11 is 0. The number of hydrogen-bond acceptors (Lipinski definition) is 4. The van der Waals surface area contributed by atoms with E-state index in [4.69, 9.17) is 4.74 Å². The molecule has 1 aliphatic carbocycles. The summed E-state index contributed by atoms with van der Waals surface area (Å²) < 4.78 is 5.29. The molecule has 0 bridgehead atoms. The van der Waals surface area contributed by atoms with Crippen molar-refractivity contribution in [2.75, 3.05) is 25.6 Å². The quantitative estimate of drug-likeness (QED) is 0.735. The highest BCUT2D eigenvalue weighted by atomic mass is 16.5. The van der Waals surface area contributed by atoms with Crippen molar-refractivity contribution in [2.45, 2.75) is 43.6 Å². The molecule has 0 radical (unpaired) electrons. The first kappa shape index (κ1) is 20.4. The van der Waals surface area contributed by atoms with E-state index in [9.17, 15) is 14.7 Å². The largest absolute Gasteiger partial charge is 0.506 e. The van der Waals surface area contributed by atoms with Crippen LogP contribution in [0.2, 0.25) is 0 Å². The number of carbonyl (C=O) groups is 2. The number of hydrogen-bond donors (Lipinski definition) is 2. The minimum atomic E-state index is -0.587. The van der Waals surface area contributed by atoms with E-state index in [1.165, 1.54) is 0 Å². The van der Waals surface area contributed by atoms with Gasteiger partial charge in [-0.1, -0.05) is 49.6 Å². The molecule has 0 saturated heterocycles. The van der Waals surface area contributed by atoms with Crippen LogP contribution in [0.15, 0.2) is 48.5 Å². The van der Waals surface area contributed by atoms with Crippen molar-refractivity contribution in [3.05, 3.63) is 59.7 Å². The zero-order valence-corrected chi connectivity index (χ0v) is 17.3. The number of anilines is 1. The predicted octanol–water partition coefficient (Wildman–Crippen LogP) is 3.92. The second-order valence-electron chi connectivity index (χ2n) is 8.14. The Balaban J connectivity index is 1.81. The van der Waals surface area contributed by atoms with Crippen molar-refractivity contribution < 1.29 is 19.4 Å². The normalized spacial score (nSPS) is 20.1. The van der Waals surface area contributed by atoms with E-state index in [-0.39, 0.29) is 17.6 Å². The molecule has 1 heterocycles. The lowest BCUT2D eigenvalue weighted by Crippen LogP contribution is -2.62. The van der Waals surface area contributed by atoms with Crippen LogP contribution in [-0.2, 0) is 9.53 Å². The van der Waals surface area contributed by atoms with Crippen LogP contribution < -0.4 is 5.32 Å². The SMILES string of the molecule is COCCN1C(=O)c2ccccc2C(C(=O)Nc2ccccc2O)C12CCCCC2. The van der Waals surface area contributed by atoms with Gasteiger partial charge in [-0.25, -0.2) is 0 Å². The van der Waals surface area contributed by atoms with Crippen LogP contribution in [0.3, 0.4) is 0 Å². The van der Waals surface area contributed by atoms with Gasteiger partial charge in [-0.15, -0.1) is 0 Å². The summed E-state index contributed by atoms with van der Waals surface area (Å²) in [7, 11) is 1.62. The van der Waals surface area contributed by atoms with Crippen LogP contribution in [0, 0.1) is 0 Å². The Labute approximate surface area is 176 Å². The number of methoxy groups -OCH3 is 1. The van der Waals surface area contributed by atoms with Crippen molar-refractivity contribution in [1.29, 1.82) is 0 Å². The number of fused-ring (bicyclic) bond motifs is 1. The zero-order valence-electron chi connectivity index (χ0n) is 17.3.